The second kappa shape index (κ2) is 6.30. The molecule has 0 atom stereocenters. The fourth-order valence-electron chi connectivity index (χ4n) is 2.97. The van der Waals surface area contributed by atoms with Crippen LogP contribution in [0.1, 0.15) is 41.6 Å². The molecule has 0 bridgehead atoms. The predicted molar refractivity (Wildman–Crippen MR) is 82.9 cm³/mol. The summed E-state index contributed by atoms with van der Waals surface area (Å²) in [6, 6.07) is 5.46. The van der Waals surface area contributed by atoms with Crippen LogP contribution in [0.2, 0.25) is 0 Å². The summed E-state index contributed by atoms with van der Waals surface area (Å²) in [6.45, 7) is 1.07. The van der Waals surface area contributed by atoms with E-state index in [1.807, 2.05) is 12.1 Å². The third-order valence-electron chi connectivity index (χ3n) is 4.59. The number of nitrogens with one attached hydrogen (secondary N) is 1. The first kappa shape index (κ1) is 14.8. The van der Waals surface area contributed by atoms with E-state index >= 15 is 0 Å². The van der Waals surface area contributed by atoms with Gasteiger partial charge in [0.2, 0.25) is 12.3 Å². The molecule has 0 radical (unpaired) electrons. The number of carbonyl (C=O) groups excluding carboxylic acids is 3. The Morgan fingerprint density at radius 1 is 1.32 bits per heavy atom. The Morgan fingerprint density at radius 2 is 2.14 bits per heavy atom. The van der Waals surface area contributed by atoms with Crippen LogP contribution in [0.5, 0.6) is 0 Å². The molecule has 0 spiro atoms. The number of fused-ring (bicyclic) bond motifs is 1. The summed E-state index contributed by atoms with van der Waals surface area (Å²) in [5.74, 6) is 0.264. The lowest BCUT2D eigenvalue weighted by Gasteiger charge is -2.23. The minimum Gasteiger partial charge on any atom is -0.355 e. The van der Waals surface area contributed by atoms with E-state index in [1.54, 1.807) is 11.0 Å². The highest BCUT2D eigenvalue weighted by Gasteiger charge is 2.25. The lowest BCUT2D eigenvalue weighted by Crippen LogP contribution is -2.35. The Morgan fingerprint density at radius 3 is 2.82 bits per heavy atom. The SMILES string of the molecule is O=CN1CCc2cc(C(=O)CCNC(=O)C3CCC3)ccc21. The molecule has 5 nitrogen and oxygen atoms in total. The smallest absolute Gasteiger partial charge is 0.223 e. The van der Waals surface area contributed by atoms with E-state index in [1.165, 1.54) is 0 Å². The van der Waals surface area contributed by atoms with Gasteiger partial charge in [-0.2, -0.15) is 0 Å². The molecule has 2 aliphatic rings. The molecule has 1 aliphatic heterocycles. The fraction of sp³-hybridized carbons (Fsp3) is 0.471. The maximum absolute atomic E-state index is 12.2. The van der Waals surface area contributed by atoms with Gasteiger partial charge in [-0.1, -0.05) is 6.42 Å². The Bertz CT molecular complexity index is 608. The maximum Gasteiger partial charge on any atom is 0.223 e. The van der Waals surface area contributed by atoms with Crippen LogP contribution in [0, 0.1) is 5.92 Å². The molecule has 1 aromatic rings. The molecule has 1 fully saturated rings. The van der Waals surface area contributed by atoms with Crippen LogP contribution < -0.4 is 10.2 Å². The molecular weight excluding hydrogens is 280 g/mol. The molecule has 1 aromatic carbocycles. The monoisotopic (exact) mass is 300 g/mol. The Hall–Kier alpha value is -2.17. The highest BCUT2D eigenvalue weighted by atomic mass is 16.2. The summed E-state index contributed by atoms with van der Waals surface area (Å²) >= 11 is 0. The van der Waals surface area contributed by atoms with E-state index in [0.29, 0.717) is 25.1 Å². The third-order valence-corrected chi connectivity index (χ3v) is 4.59. The Balaban J connectivity index is 1.54. The van der Waals surface area contributed by atoms with E-state index in [0.717, 1.165) is 43.3 Å². The van der Waals surface area contributed by atoms with Crippen LogP contribution in [-0.4, -0.2) is 31.2 Å². The van der Waals surface area contributed by atoms with Gasteiger partial charge in [-0.15, -0.1) is 0 Å². The van der Waals surface area contributed by atoms with Gasteiger partial charge in [0, 0.05) is 36.7 Å². The molecule has 1 N–H and O–H groups in total. The number of anilines is 1. The second-order valence-corrected chi connectivity index (χ2v) is 5.98. The van der Waals surface area contributed by atoms with Gasteiger partial charge in [0.15, 0.2) is 5.78 Å². The van der Waals surface area contributed by atoms with Gasteiger partial charge in [-0.3, -0.25) is 14.4 Å². The number of rotatable bonds is 6. The number of benzene rings is 1. The number of hydrogen-bond acceptors (Lipinski definition) is 3. The van der Waals surface area contributed by atoms with E-state index in [9.17, 15) is 14.4 Å². The van der Waals surface area contributed by atoms with E-state index < -0.39 is 0 Å². The number of Topliss-reactive ketones (excluding diaryl/α,β-unsaturated/α-hetero) is 1. The van der Waals surface area contributed by atoms with Crippen molar-refractivity contribution in [1.29, 1.82) is 0 Å². The van der Waals surface area contributed by atoms with Crippen molar-refractivity contribution in [1.82, 2.24) is 5.32 Å². The molecule has 2 amide bonds. The van der Waals surface area contributed by atoms with Gasteiger partial charge in [0.25, 0.3) is 0 Å². The van der Waals surface area contributed by atoms with Crippen molar-refractivity contribution >= 4 is 23.8 Å². The van der Waals surface area contributed by atoms with Gasteiger partial charge >= 0.3 is 0 Å². The fourth-order valence-corrected chi connectivity index (χ4v) is 2.97. The summed E-state index contributed by atoms with van der Waals surface area (Å²) < 4.78 is 0. The highest BCUT2D eigenvalue weighted by Crippen LogP contribution is 2.28. The molecule has 1 heterocycles. The first-order valence-corrected chi connectivity index (χ1v) is 7.85. The summed E-state index contributed by atoms with van der Waals surface area (Å²) in [4.78, 5) is 36.5. The van der Waals surface area contributed by atoms with Crippen LogP contribution in [0.4, 0.5) is 5.69 Å². The van der Waals surface area contributed by atoms with Gasteiger partial charge in [-0.25, -0.2) is 0 Å². The molecule has 1 saturated carbocycles. The third kappa shape index (κ3) is 2.89. The summed E-state index contributed by atoms with van der Waals surface area (Å²) in [5.41, 5.74) is 2.59. The van der Waals surface area contributed by atoms with Gasteiger partial charge in [0.1, 0.15) is 0 Å². The molecule has 1 aliphatic carbocycles. The van der Waals surface area contributed by atoms with Crippen LogP contribution in [0.3, 0.4) is 0 Å². The molecule has 0 saturated heterocycles. The van der Waals surface area contributed by atoms with E-state index in [4.69, 9.17) is 0 Å². The van der Waals surface area contributed by atoms with Crippen molar-refractivity contribution in [3.05, 3.63) is 29.3 Å². The van der Waals surface area contributed by atoms with E-state index in [-0.39, 0.29) is 17.6 Å². The van der Waals surface area contributed by atoms with Crippen LogP contribution >= 0.6 is 0 Å². The number of amides is 2. The van der Waals surface area contributed by atoms with Gasteiger partial charge < -0.3 is 10.2 Å². The molecule has 3 rings (SSSR count). The number of ketones is 1. The highest BCUT2D eigenvalue weighted by molar-refractivity contribution is 5.97. The van der Waals surface area contributed by atoms with Crippen LogP contribution in [0.25, 0.3) is 0 Å². The Labute approximate surface area is 129 Å². The zero-order chi connectivity index (χ0) is 15.5. The normalized spacial score (nSPS) is 16.8. The summed E-state index contributed by atoms with van der Waals surface area (Å²) in [5, 5.41) is 2.84. The lowest BCUT2D eigenvalue weighted by atomic mass is 9.85. The summed E-state index contributed by atoms with van der Waals surface area (Å²) in [7, 11) is 0. The average molecular weight is 300 g/mol. The topological polar surface area (TPSA) is 66.5 Å². The quantitative estimate of drug-likeness (QED) is 0.642. The van der Waals surface area contributed by atoms with Crippen molar-refractivity contribution < 1.29 is 14.4 Å². The number of carbonyl (C=O) groups is 3. The Kier molecular flexibility index (Phi) is 4.22. The zero-order valence-corrected chi connectivity index (χ0v) is 12.5. The van der Waals surface area contributed by atoms with E-state index in [2.05, 4.69) is 5.32 Å². The van der Waals surface area contributed by atoms with Crippen LogP contribution in [-0.2, 0) is 16.0 Å². The van der Waals surface area contributed by atoms with Crippen molar-refractivity contribution in [2.24, 2.45) is 5.92 Å². The molecule has 116 valence electrons. The van der Waals surface area contributed by atoms with Gasteiger partial charge in [0.05, 0.1) is 0 Å². The first-order chi connectivity index (χ1) is 10.7. The van der Waals surface area contributed by atoms with Crippen molar-refractivity contribution in [3.63, 3.8) is 0 Å². The zero-order valence-electron chi connectivity index (χ0n) is 12.5. The largest absolute Gasteiger partial charge is 0.355 e. The second-order valence-electron chi connectivity index (χ2n) is 5.98. The number of hydrogen-bond donors (Lipinski definition) is 1. The van der Waals surface area contributed by atoms with Crippen LogP contribution in [0.15, 0.2) is 18.2 Å². The van der Waals surface area contributed by atoms with Crippen molar-refractivity contribution in [2.75, 3.05) is 18.0 Å². The first-order valence-electron chi connectivity index (χ1n) is 7.85. The molecule has 22 heavy (non-hydrogen) atoms. The lowest BCUT2D eigenvalue weighted by molar-refractivity contribution is -0.127. The molecule has 0 aromatic heterocycles. The summed E-state index contributed by atoms with van der Waals surface area (Å²) in [6.07, 6.45) is 4.99. The minimum atomic E-state index is 0.0289. The maximum atomic E-state index is 12.2. The standard InChI is InChI=1S/C17H20N2O3/c20-11-19-9-7-13-10-14(4-5-15(13)19)16(21)6-8-18-17(22)12-2-1-3-12/h4-5,10-12H,1-3,6-9H2,(H,18,22). The van der Waals surface area contributed by atoms with Crippen molar-refractivity contribution in [2.45, 2.75) is 32.1 Å². The molecular formula is C17H20N2O3. The predicted octanol–water partition coefficient (Wildman–Crippen LogP) is 1.69. The average Bonchev–Trinajstić information content (AvgIpc) is 2.87. The molecule has 0 unspecified atom stereocenters. The molecule has 5 heteroatoms. The number of nitrogens with zero attached hydrogens (tertiary/aromatic N) is 1. The van der Waals surface area contributed by atoms with Gasteiger partial charge in [-0.05, 0) is 43.0 Å². The van der Waals surface area contributed by atoms with Crippen molar-refractivity contribution in [3.8, 4) is 0 Å². The minimum absolute atomic E-state index is 0.0289.